The van der Waals surface area contributed by atoms with Gasteiger partial charge in [0.2, 0.25) is 0 Å². The lowest BCUT2D eigenvalue weighted by molar-refractivity contribution is 1.33. The Morgan fingerprint density at radius 1 is 0.481 bits per heavy atom. The lowest BCUT2D eigenvalue weighted by atomic mass is 10.0. The van der Waals surface area contributed by atoms with E-state index in [1.807, 2.05) is 36.4 Å². The van der Waals surface area contributed by atoms with Gasteiger partial charge in [-0.2, -0.15) is 0 Å². The Hall–Kier alpha value is -1.76. The van der Waals surface area contributed by atoms with E-state index in [0.29, 0.717) is 22.7 Å². The molecule has 0 unspecified atom stereocenters. The molecule has 0 saturated heterocycles. The number of pyridine rings is 1. The van der Waals surface area contributed by atoms with Crippen LogP contribution in [0.5, 0.6) is 0 Å². The van der Waals surface area contributed by atoms with Crippen molar-refractivity contribution in [3.05, 3.63) is 54.7 Å². The summed E-state index contributed by atoms with van der Waals surface area (Å²) in [5, 5.41) is 0. The average molecular weight is 474 g/mol. The van der Waals surface area contributed by atoms with E-state index in [1.54, 1.807) is 18.3 Å². The van der Waals surface area contributed by atoms with Gasteiger partial charge in [0, 0.05) is 17.3 Å². The molecule has 2 aromatic carbocycles. The number of nitrogens with two attached hydrogens (primary N) is 4. The highest BCUT2D eigenvalue weighted by Crippen LogP contribution is 2.28. The van der Waals surface area contributed by atoms with E-state index in [-0.39, 0.29) is 62.0 Å². The summed E-state index contributed by atoms with van der Waals surface area (Å²) in [4.78, 5) is 4.48. The van der Waals surface area contributed by atoms with Crippen LogP contribution in [-0.2, 0) is 0 Å². The predicted molar refractivity (Wildman–Crippen MR) is 129 cm³/mol. The van der Waals surface area contributed by atoms with Gasteiger partial charge < -0.3 is 22.9 Å². The molecule has 3 rings (SSSR count). The largest absolute Gasteiger partial charge is 0.397 e. The molecule has 0 amide bonds. The number of nitrogen functional groups attached to an aromatic ring is 4. The number of aromatic nitrogens is 1. The van der Waals surface area contributed by atoms with Crippen molar-refractivity contribution in [2.24, 2.45) is 0 Å². The van der Waals surface area contributed by atoms with Crippen molar-refractivity contribution in [2.75, 3.05) is 22.9 Å². The van der Waals surface area contributed by atoms with Crippen LogP contribution in [0.1, 0.15) is 0 Å². The first-order chi connectivity index (χ1) is 10.5. The fraction of sp³-hybridized carbons (Fsp3) is 0. The molecular weight excluding hydrogens is 451 g/mol. The van der Waals surface area contributed by atoms with Crippen LogP contribution in [0.2, 0.25) is 0 Å². The Bertz CT molecular complexity index is 773. The van der Waals surface area contributed by atoms with Gasteiger partial charge in [0.15, 0.2) is 0 Å². The maximum absolute atomic E-state index is 5.84. The predicted octanol–water partition coefficient (Wildman–Crippen LogP) is 4.85. The van der Waals surface area contributed by atoms with Gasteiger partial charge in [-0.25, -0.2) is 0 Å². The second-order valence-electron chi connectivity index (χ2n) is 5.12. The number of hydrogen-bond donors (Lipinski definition) is 4. The van der Waals surface area contributed by atoms with Gasteiger partial charge in [0.25, 0.3) is 0 Å². The van der Waals surface area contributed by atoms with Crippen LogP contribution in [0.3, 0.4) is 0 Å². The molecule has 0 radical (unpaired) electrons. The highest BCUT2D eigenvalue weighted by atomic mass is 35.5. The van der Waals surface area contributed by atoms with Crippen LogP contribution in [0.4, 0.5) is 22.7 Å². The normalized spacial score (nSPS) is 8.59. The maximum atomic E-state index is 5.84. The molecule has 0 fully saturated rings. The monoisotopic (exact) mass is 471 g/mol. The number of halogens is 5. The van der Waals surface area contributed by atoms with Crippen molar-refractivity contribution < 1.29 is 0 Å². The summed E-state index contributed by atoms with van der Waals surface area (Å²) in [7, 11) is 0. The Morgan fingerprint density at radius 2 is 0.926 bits per heavy atom. The molecule has 0 aliphatic heterocycles. The van der Waals surface area contributed by atoms with Gasteiger partial charge in [0.1, 0.15) is 0 Å². The third-order valence-corrected chi connectivity index (χ3v) is 3.57. The van der Waals surface area contributed by atoms with Gasteiger partial charge >= 0.3 is 0 Å². The van der Waals surface area contributed by atoms with E-state index in [0.717, 1.165) is 22.4 Å². The Kier molecular flexibility index (Phi) is 14.0. The van der Waals surface area contributed by atoms with E-state index in [2.05, 4.69) is 4.98 Å². The molecule has 0 spiro atoms. The number of nitrogens with zero attached hydrogens (tertiary/aromatic N) is 1. The van der Waals surface area contributed by atoms with Gasteiger partial charge in [-0.1, -0.05) is 18.2 Å². The van der Waals surface area contributed by atoms with Crippen LogP contribution in [0, 0.1) is 0 Å². The highest BCUT2D eigenvalue weighted by Gasteiger charge is 2.05. The summed E-state index contributed by atoms with van der Waals surface area (Å²) in [6, 6.07) is 15.0. The quantitative estimate of drug-likeness (QED) is 0.397. The summed E-state index contributed by atoms with van der Waals surface area (Å²) in [6.45, 7) is 0. The van der Waals surface area contributed by atoms with Crippen molar-refractivity contribution in [1.29, 1.82) is 0 Å². The number of anilines is 4. The molecule has 0 bridgehead atoms. The number of rotatable bonds is 2. The van der Waals surface area contributed by atoms with Gasteiger partial charge in [0.05, 0.1) is 28.4 Å². The summed E-state index contributed by atoms with van der Waals surface area (Å²) in [6.07, 6.45) is 1.80. The molecule has 0 atom stereocenters. The summed E-state index contributed by atoms with van der Waals surface area (Å²) in [5.74, 6) is 0. The molecule has 1 heterocycles. The van der Waals surface area contributed by atoms with Crippen LogP contribution in [-0.4, -0.2) is 4.98 Å². The van der Waals surface area contributed by atoms with E-state index in [9.17, 15) is 0 Å². The smallest absolute Gasteiger partial charge is 0.0703 e. The van der Waals surface area contributed by atoms with E-state index >= 15 is 0 Å². The maximum Gasteiger partial charge on any atom is 0.0703 e. The molecule has 5 nitrogen and oxygen atoms in total. The van der Waals surface area contributed by atoms with Gasteiger partial charge in [-0.05, 0) is 35.9 Å². The molecule has 0 saturated carbocycles. The van der Waals surface area contributed by atoms with Crippen molar-refractivity contribution >= 4 is 84.8 Å². The topological polar surface area (TPSA) is 117 Å². The molecular formula is C17H22Cl5N5. The molecule has 1 aromatic heterocycles. The third kappa shape index (κ3) is 6.72. The lowest BCUT2D eigenvalue weighted by Crippen LogP contribution is -1.95. The van der Waals surface area contributed by atoms with Crippen molar-refractivity contribution in [2.45, 2.75) is 0 Å². The van der Waals surface area contributed by atoms with Gasteiger partial charge in [-0.3, -0.25) is 4.98 Å². The first kappa shape index (κ1) is 30.0. The Labute approximate surface area is 189 Å². The third-order valence-electron chi connectivity index (χ3n) is 3.57. The molecule has 8 N–H and O–H groups in total. The summed E-state index contributed by atoms with van der Waals surface area (Å²) >= 11 is 0. The Morgan fingerprint density at radius 3 is 1.37 bits per heavy atom. The average Bonchev–Trinajstić information content (AvgIpc) is 2.53. The zero-order valence-electron chi connectivity index (χ0n) is 14.0. The highest BCUT2D eigenvalue weighted by molar-refractivity contribution is 5.86. The number of benzene rings is 2. The van der Waals surface area contributed by atoms with Crippen molar-refractivity contribution in [3.63, 3.8) is 0 Å². The van der Waals surface area contributed by atoms with Crippen LogP contribution in [0.15, 0.2) is 54.7 Å². The molecule has 0 aliphatic carbocycles. The standard InChI is InChI=1S/C17H17N5.5ClH/c18-13-4-1-10(7-15(13)20)12-3-6-17(22-9-12)11-2-5-14(19)16(21)8-11;;;;;/h1-9H,18-21H2;5*1H. The van der Waals surface area contributed by atoms with Gasteiger partial charge in [-0.15, -0.1) is 62.0 Å². The molecule has 10 heteroatoms. The second-order valence-corrected chi connectivity index (χ2v) is 5.12. The van der Waals surface area contributed by atoms with E-state index < -0.39 is 0 Å². The lowest BCUT2D eigenvalue weighted by Gasteiger charge is -2.07. The van der Waals surface area contributed by atoms with E-state index in [4.69, 9.17) is 22.9 Å². The van der Waals surface area contributed by atoms with Crippen LogP contribution < -0.4 is 22.9 Å². The molecule has 150 valence electrons. The second kappa shape index (κ2) is 12.6. The number of hydrogen-bond acceptors (Lipinski definition) is 5. The molecule has 27 heavy (non-hydrogen) atoms. The minimum atomic E-state index is 0. The van der Waals surface area contributed by atoms with Crippen molar-refractivity contribution in [3.8, 4) is 22.4 Å². The first-order valence-corrected chi connectivity index (χ1v) is 6.81. The first-order valence-electron chi connectivity index (χ1n) is 6.81. The van der Waals surface area contributed by atoms with Crippen LogP contribution in [0.25, 0.3) is 22.4 Å². The zero-order chi connectivity index (χ0) is 15.7. The summed E-state index contributed by atoms with van der Waals surface area (Å²) in [5.41, 5.74) is 29.1. The van der Waals surface area contributed by atoms with E-state index in [1.165, 1.54) is 0 Å². The fourth-order valence-electron chi connectivity index (χ4n) is 2.22. The van der Waals surface area contributed by atoms with Crippen molar-refractivity contribution in [1.82, 2.24) is 4.98 Å². The molecule has 0 aliphatic rings. The minimum Gasteiger partial charge on any atom is -0.397 e. The zero-order valence-corrected chi connectivity index (χ0v) is 18.1. The SMILES string of the molecule is Cl.Cl.Cl.Cl.Cl.Nc1ccc(-c2ccc(-c3ccc(N)c(N)c3)nc2)cc1N. The summed E-state index contributed by atoms with van der Waals surface area (Å²) < 4.78 is 0. The fourth-order valence-corrected chi connectivity index (χ4v) is 2.22. The van der Waals surface area contributed by atoms with Crippen LogP contribution >= 0.6 is 62.0 Å². The Balaban J connectivity index is -0.00000115. The minimum absolute atomic E-state index is 0. The molecule has 3 aromatic rings.